The lowest BCUT2D eigenvalue weighted by Gasteiger charge is -2.24. The minimum atomic E-state index is -0.996. The number of hydrogen-bond acceptors (Lipinski definition) is 3. The Morgan fingerprint density at radius 1 is 1.47 bits per heavy atom. The van der Waals surface area contributed by atoms with Crippen molar-refractivity contribution < 1.29 is 19.4 Å². The summed E-state index contributed by atoms with van der Waals surface area (Å²) in [7, 11) is 1.57. The third-order valence-electron chi connectivity index (χ3n) is 3.48. The summed E-state index contributed by atoms with van der Waals surface area (Å²) >= 11 is 0. The summed E-state index contributed by atoms with van der Waals surface area (Å²) in [5.41, 5.74) is 0. The average Bonchev–Trinajstić information content (AvgIpc) is 2.67. The molecule has 0 spiro atoms. The second kappa shape index (κ2) is 7.33. The van der Waals surface area contributed by atoms with Crippen molar-refractivity contribution in [2.24, 2.45) is 5.92 Å². The molecule has 1 rings (SSSR count). The molecular formula is C13H24N2O4. The zero-order valence-electron chi connectivity index (χ0n) is 11.9. The van der Waals surface area contributed by atoms with Gasteiger partial charge in [0.05, 0.1) is 0 Å². The van der Waals surface area contributed by atoms with Crippen molar-refractivity contribution in [2.45, 2.75) is 45.2 Å². The van der Waals surface area contributed by atoms with E-state index in [1.54, 1.807) is 12.0 Å². The van der Waals surface area contributed by atoms with Crippen LogP contribution in [-0.4, -0.2) is 54.4 Å². The van der Waals surface area contributed by atoms with Crippen molar-refractivity contribution in [3.63, 3.8) is 0 Å². The maximum absolute atomic E-state index is 12.1. The molecule has 0 aromatic carbocycles. The molecule has 2 N–H and O–H groups in total. The SMILES string of the molecule is COCCCC(NC(=O)N1CC(C)CC1C)C(=O)O. The molecule has 3 unspecified atom stereocenters. The van der Waals surface area contributed by atoms with E-state index in [0.29, 0.717) is 31.9 Å². The second-order valence-electron chi connectivity index (χ2n) is 5.32. The van der Waals surface area contributed by atoms with Gasteiger partial charge in [0.1, 0.15) is 6.04 Å². The van der Waals surface area contributed by atoms with Gasteiger partial charge in [-0.15, -0.1) is 0 Å². The molecule has 0 saturated carbocycles. The summed E-state index contributed by atoms with van der Waals surface area (Å²) in [5, 5.41) is 11.7. The van der Waals surface area contributed by atoms with E-state index >= 15 is 0 Å². The Kier molecular flexibility index (Phi) is 6.08. The highest BCUT2D eigenvalue weighted by atomic mass is 16.5. The maximum atomic E-state index is 12.1. The molecule has 0 aliphatic carbocycles. The van der Waals surface area contributed by atoms with Crippen LogP contribution < -0.4 is 5.32 Å². The Morgan fingerprint density at radius 2 is 2.16 bits per heavy atom. The monoisotopic (exact) mass is 272 g/mol. The number of nitrogens with one attached hydrogen (secondary N) is 1. The lowest BCUT2D eigenvalue weighted by Crippen LogP contribution is -2.49. The fourth-order valence-corrected chi connectivity index (χ4v) is 2.50. The fraction of sp³-hybridized carbons (Fsp3) is 0.846. The van der Waals surface area contributed by atoms with Gasteiger partial charge in [-0.1, -0.05) is 6.92 Å². The molecule has 1 fully saturated rings. The minimum Gasteiger partial charge on any atom is -0.480 e. The topological polar surface area (TPSA) is 78.9 Å². The van der Waals surface area contributed by atoms with E-state index < -0.39 is 12.0 Å². The van der Waals surface area contributed by atoms with Crippen molar-refractivity contribution in [3.8, 4) is 0 Å². The molecule has 0 radical (unpaired) electrons. The molecule has 1 aliphatic heterocycles. The molecule has 1 aliphatic rings. The number of aliphatic carboxylic acids is 1. The lowest BCUT2D eigenvalue weighted by atomic mass is 10.1. The molecule has 3 atom stereocenters. The van der Waals surface area contributed by atoms with Gasteiger partial charge in [-0.3, -0.25) is 0 Å². The van der Waals surface area contributed by atoms with Gasteiger partial charge in [0.2, 0.25) is 0 Å². The highest BCUT2D eigenvalue weighted by molar-refractivity contribution is 5.82. The zero-order valence-corrected chi connectivity index (χ0v) is 11.9. The first-order valence-corrected chi connectivity index (χ1v) is 6.74. The summed E-state index contributed by atoms with van der Waals surface area (Å²) in [6.07, 6.45) is 1.96. The van der Waals surface area contributed by atoms with Crippen LogP contribution >= 0.6 is 0 Å². The first kappa shape index (κ1) is 15.8. The lowest BCUT2D eigenvalue weighted by molar-refractivity contribution is -0.139. The number of carboxylic acids is 1. The van der Waals surface area contributed by atoms with Crippen LogP contribution in [0.3, 0.4) is 0 Å². The Bertz CT molecular complexity index is 322. The third kappa shape index (κ3) is 4.70. The van der Waals surface area contributed by atoms with Crippen LogP contribution in [0.25, 0.3) is 0 Å². The number of amides is 2. The highest BCUT2D eigenvalue weighted by Crippen LogP contribution is 2.22. The van der Waals surface area contributed by atoms with Gasteiger partial charge in [0.25, 0.3) is 0 Å². The Labute approximate surface area is 114 Å². The molecule has 0 aromatic heterocycles. The van der Waals surface area contributed by atoms with Crippen molar-refractivity contribution in [2.75, 3.05) is 20.3 Å². The predicted molar refractivity (Wildman–Crippen MR) is 71.0 cm³/mol. The Hall–Kier alpha value is -1.30. The van der Waals surface area contributed by atoms with Gasteiger partial charge < -0.3 is 20.1 Å². The van der Waals surface area contributed by atoms with Gasteiger partial charge in [-0.05, 0) is 32.1 Å². The van der Waals surface area contributed by atoms with Crippen molar-refractivity contribution >= 4 is 12.0 Å². The van der Waals surface area contributed by atoms with Gasteiger partial charge in [-0.2, -0.15) is 0 Å². The zero-order chi connectivity index (χ0) is 14.4. The summed E-state index contributed by atoms with van der Waals surface area (Å²) in [4.78, 5) is 24.9. The molecule has 0 bridgehead atoms. The van der Waals surface area contributed by atoms with Gasteiger partial charge in [0.15, 0.2) is 0 Å². The summed E-state index contributed by atoms with van der Waals surface area (Å²) in [6.45, 7) is 5.27. The molecule has 2 amide bonds. The fourth-order valence-electron chi connectivity index (χ4n) is 2.50. The van der Waals surface area contributed by atoms with Crippen LogP contribution in [0.1, 0.15) is 33.1 Å². The Balaban J connectivity index is 2.49. The molecule has 1 heterocycles. The van der Waals surface area contributed by atoms with Crippen molar-refractivity contribution in [1.82, 2.24) is 10.2 Å². The van der Waals surface area contributed by atoms with Crippen LogP contribution in [0, 0.1) is 5.92 Å². The highest BCUT2D eigenvalue weighted by Gasteiger charge is 2.31. The summed E-state index contributed by atoms with van der Waals surface area (Å²) < 4.78 is 4.89. The van der Waals surface area contributed by atoms with Crippen LogP contribution in [0.15, 0.2) is 0 Å². The average molecular weight is 272 g/mol. The maximum Gasteiger partial charge on any atom is 0.326 e. The van der Waals surface area contributed by atoms with Crippen LogP contribution in [0.5, 0.6) is 0 Å². The van der Waals surface area contributed by atoms with Gasteiger partial charge in [0, 0.05) is 26.3 Å². The second-order valence-corrected chi connectivity index (χ2v) is 5.32. The number of carbonyl (C=O) groups is 2. The summed E-state index contributed by atoms with van der Waals surface area (Å²) in [6, 6.07) is -0.948. The smallest absolute Gasteiger partial charge is 0.326 e. The predicted octanol–water partition coefficient (Wildman–Crippen LogP) is 1.31. The normalized spacial score (nSPS) is 24.3. The summed E-state index contributed by atoms with van der Waals surface area (Å²) in [5.74, 6) is -0.526. The number of hydrogen-bond donors (Lipinski definition) is 2. The largest absolute Gasteiger partial charge is 0.480 e. The van der Waals surface area contributed by atoms with E-state index in [1.807, 2.05) is 6.92 Å². The van der Waals surface area contributed by atoms with E-state index in [0.717, 1.165) is 6.42 Å². The number of methoxy groups -OCH3 is 1. The van der Waals surface area contributed by atoms with E-state index in [1.165, 1.54) is 0 Å². The van der Waals surface area contributed by atoms with E-state index in [2.05, 4.69) is 12.2 Å². The number of urea groups is 1. The van der Waals surface area contributed by atoms with Crippen molar-refractivity contribution in [1.29, 1.82) is 0 Å². The van der Waals surface area contributed by atoms with Gasteiger partial charge in [-0.25, -0.2) is 9.59 Å². The first-order chi connectivity index (χ1) is 8.95. The number of nitrogens with zero attached hydrogens (tertiary/aromatic N) is 1. The quantitative estimate of drug-likeness (QED) is 0.714. The van der Waals surface area contributed by atoms with Gasteiger partial charge >= 0.3 is 12.0 Å². The molecule has 19 heavy (non-hydrogen) atoms. The minimum absolute atomic E-state index is 0.170. The number of rotatable bonds is 6. The molecule has 6 heteroatoms. The standard InChI is InChI=1S/C13H24N2O4/c1-9-7-10(2)15(8-9)13(18)14-11(12(16)17)5-4-6-19-3/h9-11H,4-8H2,1-3H3,(H,14,18)(H,16,17). The Morgan fingerprint density at radius 3 is 2.63 bits per heavy atom. The van der Waals surface area contributed by atoms with E-state index in [9.17, 15) is 9.59 Å². The number of carboxylic acid groups (broad SMARTS) is 1. The number of carbonyl (C=O) groups excluding carboxylic acids is 1. The number of likely N-dealkylation sites (tertiary alicyclic amines) is 1. The van der Waals surface area contributed by atoms with E-state index in [4.69, 9.17) is 9.84 Å². The molecule has 6 nitrogen and oxygen atoms in total. The molecular weight excluding hydrogens is 248 g/mol. The molecule has 0 aromatic rings. The third-order valence-corrected chi connectivity index (χ3v) is 3.48. The first-order valence-electron chi connectivity index (χ1n) is 6.74. The van der Waals surface area contributed by atoms with Crippen LogP contribution in [-0.2, 0) is 9.53 Å². The number of ether oxygens (including phenoxy) is 1. The van der Waals surface area contributed by atoms with Crippen molar-refractivity contribution in [3.05, 3.63) is 0 Å². The van der Waals surface area contributed by atoms with E-state index in [-0.39, 0.29) is 12.1 Å². The van der Waals surface area contributed by atoms with Crippen LogP contribution in [0.2, 0.25) is 0 Å². The van der Waals surface area contributed by atoms with Crippen LogP contribution in [0.4, 0.5) is 4.79 Å². The molecule has 1 saturated heterocycles. The molecule has 110 valence electrons.